The minimum absolute atomic E-state index is 0.0412. The number of carbonyl (C=O) groups excluding carboxylic acids is 4. The lowest BCUT2D eigenvalue weighted by atomic mass is 9.87. The van der Waals surface area contributed by atoms with Gasteiger partial charge in [-0.15, -0.1) is 11.3 Å². The average Bonchev–Trinajstić information content (AvgIpc) is 4.00. The van der Waals surface area contributed by atoms with E-state index in [-0.39, 0.29) is 42.9 Å². The molecule has 0 unspecified atom stereocenters. The Bertz CT molecular complexity index is 2380. The van der Waals surface area contributed by atoms with Crippen molar-refractivity contribution in [3.63, 3.8) is 0 Å². The lowest BCUT2D eigenvalue weighted by Crippen LogP contribution is -2.48. The summed E-state index contributed by atoms with van der Waals surface area (Å²) < 4.78 is 46.4. The van der Waals surface area contributed by atoms with Crippen molar-refractivity contribution in [2.45, 2.75) is 148 Å². The van der Waals surface area contributed by atoms with E-state index in [1.165, 1.54) is 11.3 Å². The van der Waals surface area contributed by atoms with Gasteiger partial charge in [0, 0.05) is 40.7 Å². The molecule has 0 radical (unpaired) electrons. The van der Waals surface area contributed by atoms with E-state index < -0.39 is 61.6 Å². The Morgan fingerprint density at radius 3 is 2.48 bits per heavy atom. The number of nitrogens with one attached hydrogen (secondary N) is 1. The molecule has 3 aromatic rings. The topological polar surface area (TPSA) is 171 Å². The maximum Gasteiger partial charge on any atom is 0.307 e. The number of hydrogen-bond acceptors (Lipinski definition) is 12. The summed E-state index contributed by atoms with van der Waals surface area (Å²) in [7, 11) is -2.37. The van der Waals surface area contributed by atoms with Crippen molar-refractivity contribution in [1.82, 2.24) is 19.6 Å². The number of amides is 2. The van der Waals surface area contributed by atoms with Crippen LogP contribution in [0.3, 0.4) is 0 Å². The molecule has 0 spiro atoms. The molecule has 62 heavy (non-hydrogen) atoms. The van der Waals surface area contributed by atoms with Gasteiger partial charge < -0.3 is 19.1 Å². The molecule has 1 saturated heterocycles. The molecule has 15 heteroatoms. The second-order valence-electron chi connectivity index (χ2n) is 19.5. The van der Waals surface area contributed by atoms with Crippen molar-refractivity contribution in [3.8, 4) is 22.2 Å². The van der Waals surface area contributed by atoms with Crippen molar-refractivity contribution >= 4 is 55.8 Å². The molecule has 3 fully saturated rings. The summed E-state index contributed by atoms with van der Waals surface area (Å²) in [6, 6.07) is 4.58. The van der Waals surface area contributed by atoms with Gasteiger partial charge in [-0.1, -0.05) is 45.8 Å². The number of hydrogen-bond donors (Lipinski definition) is 1. The van der Waals surface area contributed by atoms with Crippen LogP contribution in [0.1, 0.15) is 130 Å². The number of aromatic nitrogens is 2. The smallest absolute Gasteiger partial charge is 0.307 e. The summed E-state index contributed by atoms with van der Waals surface area (Å²) in [5.74, 6) is -2.15. The number of aryl methyl sites for hydroxylation is 1. The second-order valence-corrected chi connectivity index (χ2v) is 22.6. The minimum Gasteiger partial charge on any atom is -0.496 e. The fraction of sp³-hybridized carbons (Fsp3) is 0.617. The first-order valence-electron chi connectivity index (χ1n) is 22.1. The number of esters is 1. The molecule has 1 N–H and O–H groups in total. The molecule has 7 rings (SSSR count). The number of carbonyl (C=O) groups is 4. The van der Waals surface area contributed by atoms with Crippen molar-refractivity contribution in [3.05, 3.63) is 47.0 Å². The number of pyridine rings is 1. The SMILES string of the molecule is COc1ccc2c(O[C@H]3CN4C(=O)[C@@H](CC(=O)OC(C)(C)C)CCCCC/C=C\[C@@H]5C[C@@]5(C(=O)NS(=O)(=O)C5(C)CC5)CC(=O)[C@@H]4[C@@H]3C)cc(-c3nc(C(C)C)cs3)nc2c1C. The van der Waals surface area contributed by atoms with Crippen LogP contribution in [0, 0.1) is 30.1 Å². The highest BCUT2D eigenvalue weighted by Crippen LogP contribution is 2.58. The first-order valence-corrected chi connectivity index (χ1v) is 24.4. The molecule has 4 aliphatic rings. The van der Waals surface area contributed by atoms with Crippen LogP contribution < -0.4 is 14.2 Å². The summed E-state index contributed by atoms with van der Waals surface area (Å²) in [6.07, 6.45) is 7.57. The normalized spacial score (nSPS) is 27.1. The number of sulfonamides is 1. The van der Waals surface area contributed by atoms with Gasteiger partial charge >= 0.3 is 5.97 Å². The van der Waals surface area contributed by atoms with Crippen LogP contribution in [0.2, 0.25) is 0 Å². The van der Waals surface area contributed by atoms with E-state index in [0.717, 1.165) is 40.9 Å². The van der Waals surface area contributed by atoms with Gasteiger partial charge in [-0.2, -0.15) is 0 Å². The van der Waals surface area contributed by atoms with E-state index >= 15 is 4.79 Å². The predicted octanol–water partition coefficient (Wildman–Crippen LogP) is 8.23. The Kier molecular flexibility index (Phi) is 12.7. The molecule has 2 aliphatic heterocycles. The molecule has 2 aliphatic carbocycles. The van der Waals surface area contributed by atoms with Crippen molar-refractivity contribution in [2.75, 3.05) is 13.7 Å². The quantitative estimate of drug-likeness (QED) is 0.154. The summed E-state index contributed by atoms with van der Waals surface area (Å²) >= 11 is 1.49. The van der Waals surface area contributed by atoms with Crippen LogP contribution in [0.4, 0.5) is 0 Å². The van der Waals surface area contributed by atoms with Crippen molar-refractivity contribution in [1.29, 1.82) is 0 Å². The highest BCUT2D eigenvalue weighted by molar-refractivity contribution is 7.91. The summed E-state index contributed by atoms with van der Waals surface area (Å²) in [6.45, 7) is 15.0. The molecular formula is C47H62N4O9S2. The van der Waals surface area contributed by atoms with Crippen LogP contribution >= 0.6 is 11.3 Å². The number of methoxy groups -OCH3 is 1. The molecule has 2 saturated carbocycles. The summed E-state index contributed by atoms with van der Waals surface area (Å²) in [5.41, 5.74) is 0.998. The largest absolute Gasteiger partial charge is 0.496 e. The van der Waals surface area contributed by atoms with Crippen molar-refractivity contribution in [2.24, 2.45) is 23.2 Å². The number of fused-ring (bicyclic) bond motifs is 3. The highest BCUT2D eigenvalue weighted by Gasteiger charge is 2.63. The average molecular weight is 891 g/mol. The highest BCUT2D eigenvalue weighted by atomic mass is 32.2. The van der Waals surface area contributed by atoms with Gasteiger partial charge in [0.1, 0.15) is 33.9 Å². The number of ether oxygens (including phenoxy) is 3. The Balaban J connectivity index is 1.27. The Hall–Kier alpha value is -4.37. The first-order chi connectivity index (χ1) is 29.2. The number of Topliss-reactive ketones (excluding diaryl/α,β-unsaturated/α-hetero) is 1. The number of benzene rings is 1. The first kappa shape index (κ1) is 45.6. The van der Waals surface area contributed by atoms with Gasteiger partial charge in [0.25, 0.3) is 0 Å². The number of thiazole rings is 1. The second kappa shape index (κ2) is 17.3. The Morgan fingerprint density at radius 2 is 1.82 bits per heavy atom. The predicted molar refractivity (Wildman–Crippen MR) is 238 cm³/mol. The lowest BCUT2D eigenvalue weighted by Gasteiger charge is -2.30. The third-order valence-electron chi connectivity index (χ3n) is 13.3. The van der Waals surface area contributed by atoms with Gasteiger partial charge in [0.2, 0.25) is 21.8 Å². The van der Waals surface area contributed by atoms with Gasteiger partial charge in [0.15, 0.2) is 5.78 Å². The maximum atomic E-state index is 15.0. The van der Waals surface area contributed by atoms with Crippen LogP contribution in [0.25, 0.3) is 21.6 Å². The molecule has 13 nitrogen and oxygen atoms in total. The number of rotatable bonds is 10. The van der Waals surface area contributed by atoms with E-state index in [2.05, 4.69) is 18.6 Å². The van der Waals surface area contributed by atoms with E-state index in [1.807, 2.05) is 49.6 Å². The zero-order valence-corrected chi connectivity index (χ0v) is 39.2. The molecule has 1 aromatic carbocycles. The van der Waals surface area contributed by atoms with Crippen molar-refractivity contribution < 1.29 is 41.8 Å². The zero-order chi connectivity index (χ0) is 44.9. The summed E-state index contributed by atoms with van der Waals surface area (Å²) in [4.78, 5) is 69.0. The minimum atomic E-state index is -3.97. The van der Waals surface area contributed by atoms with Crippen LogP contribution in [-0.2, 0) is 33.9 Å². The molecule has 2 aromatic heterocycles. The van der Waals surface area contributed by atoms with E-state index in [0.29, 0.717) is 54.8 Å². The summed E-state index contributed by atoms with van der Waals surface area (Å²) in [5, 5.41) is 3.47. The maximum absolute atomic E-state index is 15.0. The third kappa shape index (κ3) is 9.30. The van der Waals surface area contributed by atoms with Crippen LogP contribution in [0.5, 0.6) is 11.5 Å². The fourth-order valence-electron chi connectivity index (χ4n) is 9.00. The monoisotopic (exact) mass is 890 g/mol. The number of ketones is 1. The Labute approximate surface area is 369 Å². The van der Waals surface area contributed by atoms with Gasteiger partial charge in [-0.25, -0.2) is 18.4 Å². The number of nitrogens with zero attached hydrogens (tertiary/aromatic N) is 3. The van der Waals surface area contributed by atoms with Gasteiger partial charge in [-0.3, -0.25) is 23.9 Å². The Morgan fingerprint density at radius 1 is 1.08 bits per heavy atom. The van der Waals surface area contributed by atoms with E-state index in [4.69, 9.17) is 24.2 Å². The molecule has 336 valence electrons. The van der Waals surface area contributed by atoms with Crippen LogP contribution in [-0.4, -0.2) is 83.0 Å². The zero-order valence-electron chi connectivity index (χ0n) is 37.5. The lowest BCUT2D eigenvalue weighted by molar-refractivity contribution is -0.159. The van der Waals surface area contributed by atoms with Gasteiger partial charge in [0.05, 0.1) is 47.5 Å². The van der Waals surface area contributed by atoms with Crippen LogP contribution in [0.15, 0.2) is 35.7 Å². The number of allylic oxidation sites excluding steroid dienone is 2. The van der Waals surface area contributed by atoms with E-state index in [9.17, 15) is 22.8 Å². The van der Waals surface area contributed by atoms with Gasteiger partial charge in [-0.05, 0) is 97.1 Å². The standard InChI is InChI=1S/C47H62N4O9S2/c1-27(2)34-26-61-42(49-34)33-22-37(32-17-18-36(58-9)28(3)40(32)48-33)59-38-25-51-41(29(38)4)35(52)24-47(44(55)50-62(56,57)46(8)19-20-46)23-31(47)16-14-12-10-11-13-15-30(43(51)54)21-39(53)60-45(5,6)7/h14,16-18,22,26-27,29-31,38,41H,10-13,15,19-21,23-25H2,1-9H3,(H,50,55)/b16-14-/t29-,30-,31-,38+,41+,47-/m1/s1. The molecule has 0 bridgehead atoms. The third-order valence-corrected chi connectivity index (χ3v) is 16.3. The molecule has 2 amide bonds. The molecule has 6 atom stereocenters. The molecule has 4 heterocycles. The van der Waals surface area contributed by atoms with E-state index in [1.54, 1.807) is 39.7 Å². The fourth-order valence-corrected chi connectivity index (χ4v) is 11.3. The molecular weight excluding hydrogens is 829 g/mol.